The normalized spacial score (nSPS) is 16.2. The molecule has 4 nitrogen and oxygen atoms in total. The first-order valence-electron chi connectivity index (χ1n) is 9.91. The molecule has 0 aliphatic carbocycles. The number of hydrogen-bond donors (Lipinski definition) is 0. The molecule has 0 unspecified atom stereocenters. The Kier molecular flexibility index (Phi) is 7.26. The standard InChI is InChI=1S/C23H29NO3S/c1-4-5-6-7-17-8-10-18(11-9-17)22(25)24-14-15-28-23(24)20-16-19(26-2)12-13-21(20)27-3/h8-13,16,23H,4-7,14-15H2,1-3H3/t23-/m1/s1. The second kappa shape index (κ2) is 9.87. The van der Waals surface area contributed by atoms with Crippen LogP contribution in [-0.2, 0) is 6.42 Å². The largest absolute Gasteiger partial charge is 0.497 e. The number of hydrogen-bond acceptors (Lipinski definition) is 4. The third kappa shape index (κ3) is 4.64. The molecule has 1 aliphatic rings. The molecule has 0 aromatic heterocycles. The van der Waals surface area contributed by atoms with Crippen LogP contribution in [0.15, 0.2) is 42.5 Å². The predicted molar refractivity (Wildman–Crippen MR) is 115 cm³/mol. The van der Waals surface area contributed by atoms with Crippen LogP contribution in [-0.4, -0.2) is 37.3 Å². The lowest BCUT2D eigenvalue weighted by atomic mass is 10.0. The number of rotatable bonds is 8. The highest BCUT2D eigenvalue weighted by molar-refractivity contribution is 7.99. The number of methoxy groups -OCH3 is 2. The fraction of sp³-hybridized carbons (Fsp3) is 0.435. The quantitative estimate of drug-likeness (QED) is 0.563. The molecule has 0 spiro atoms. The summed E-state index contributed by atoms with van der Waals surface area (Å²) >= 11 is 1.76. The number of nitrogens with zero attached hydrogens (tertiary/aromatic N) is 1. The summed E-state index contributed by atoms with van der Waals surface area (Å²) in [5.41, 5.74) is 3.02. The third-order valence-electron chi connectivity index (χ3n) is 5.12. The molecule has 1 heterocycles. The van der Waals surface area contributed by atoms with E-state index >= 15 is 0 Å². The lowest BCUT2D eigenvalue weighted by Crippen LogP contribution is -2.30. The van der Waals surface area contributed by atoms with Gasteiger partial charge >= 0.3 is 0 Å². The SMILES string of the molecule is CCCCCc1ccc(C(=O)N2CCS[C@@H]2c2cc(OC)ccc2OC)cc1. The Morgan fingerprint density at radius 2 is 1.89 bits per heavy atom. The van der Waals surface area contributed by atoms with Crippen molar-refractivity contribution in [2.24, 2.45) is 0 Å². The number of carbonyl (C=O) groups is 1. The molecule has 0 bridgehead atoms. The van der Waals surface area contributed by atoms with E-state index < -0.39 is 0 Å². The van der Waals surface area contributed by atoms with Gasteiger partial charge in [-0.1, -0.05) is 31.9 Å². The first-order chi connectivity index (χ1) is 13.7. The van der Waals surface area contributed by atoms with E-state index in [4.69, 9.17) is 9.47 Å². The van der Waals surface area contributed by atoms with Crippen molar-refractivity contribution in [3.63, 3.8) is 0 Å². The maximum Gasteiger partial charge on any atom is 0.255 e. The minimum absolute atomic E-state index is 0.0678. The Morgan fingerprint density at radius 3 is 2.57 bits per heavy atom. The molecule has 1 fully saturated rings. The van der Waals surface area contributed by atoms with Gasteiger partial charge in [-0.3, -0.25) is 4.79 Å². The summed E-state index contributed by atoms with van der Waals surface area (Å²) in [6.07, 6.45) is 4.74. The summed E-state index contributed by atoms with van der Waals surface area (Å²) in [5.74, 6) is 2.53. The van der Waals surface area contributed by atoms with Crippen molar-refractivity contribution < 1.29 is 14.3 Å². The van der Waals surface area contributed by atoms with Crippen molar-refractivity contribution in [2.45, 2.75) is 38.0 Å². The van der Waals surface area contributed by atoms with Crippen LogP contribution in [0, 0.1) is 0 Å². The molecule has 0 saturated carbocycles. The summed E-state index contributed by atoms with van der Waals surface area (Å²) < 4.78 is 10.9. The van der Waals surface area contributed by atoms with Gasteiger partial charge in [-0.2, -0.15) is 0 Å². The Labute approximate surface area is 172 Å². The Balaban J connectivity index is 1.78. The zero-order valence-electron chi connectivity index (χ0n) is 16.9. The molecule has 2 aromatic rings. The maximum absolute atomic E-state index is 13.2. The highest BCUT2D eigenvalue weighted by atomic mass is 32.2. The van der Waals surface area contributed by atoms with Gasteiger partial charge in [0.2, 0.25) is 0 Å². The fourth-order valence-corrected chi connectivity index (χ4v) is 4.80. The lowest BCUT2D eigenvalue weighted by molar-refractivity contribution is 0.0759. The van der Waals surface area contributed by atoms with Crippen LogP contribution in [0.5, 0.6) is 11.5 Å². The van der Waals surface area contributed by atoms with Gasteiger partial charge in [0.1, 0.15) is 16.9 Å². The summed E-state index contributed by atoms with van der Waals surface area (Å²) in [6.45, 7) is 2.94. The molecule has 3 rings (SSSR count). The topological polar surface area (TPSA) is 38.8 Å². The summed E-state index contributed by atoms with van der Waals surface area (Å²) in [4.78, 5) is 15.1. The molecular weight excluding hydrogens is 370 g/mol. The van der Waals surface area contributed by atoms with Gasteiger partial charge in [-0.15, -0.1) is 11.8 Å². The van der Waals surface area contributed by atoms with Gasteiger partial charge in [0.25, 0.3) is 5.91 Å². The summed E-state index contributed by atoms with van der Waals surface area (Å²) in [5, 5.41) is -0.0678. The smallest absolute Gasteiger partial charge is 0.255 e. The molecule has 2 aromatic carbocycles. The van der Waals surface area contributed by atoms with Crippen molar-refractivity contribution in [3.8, 4) is 11.5 Å². The summed E-state index contributed by atoms with van der Waals surface area (Å²) in [7, 11) is 3.31. The van der Waals surface area contributed by atoms with E-state index in [0.29, 0.717) is 0 Å². The fourth-order valence-electron chi connectivity index (χ4n) is 3.53. The summed E-state index contributed by atoms with van der Waals surface area (Å²) in [6, 6.07) is 13.9. The van der Waals surface area contributed by atoms with E-state index in [1.165, 1.54) is 24.8 Å². The van der Waals surface area contributed by atoms with Crippen LogP contribution in [0.4, 0.5) is 0 Å². The van der Waals surface area contributed by atoms with Crippen LogP contribution >= 0.6 is 11.8 Å². The van der Waals surface area contributed by atoms with Crippen molar-refractivity contribution >= 4 is 17.7 Å². The minimum atomic E-state index is -0.0678. The molecule has 28 heavy (non-hydrogen) atoms. The van der Waals surface area contributed by atoms with Crippen LogP contribution < -0.4 is 9.47 Å². The van der Waals surface area contributed by atoms with Gasteiger partial charge in [-0.05, 0) is 48.7 Å². The van der Waals surface area contributed by atoms with Crippen molar-refractivity contribution in [1.29, 1.82) is 0 Å². The van der Waals surface area contributed by atoms with Crippen LogP contribution in [0.1, 0.15) is 53.0 Å². The number of aryl methyl sites for hydroxylation is 1. The number of unbranched alkanes of at least 4 members (excludes halogenated alkanes) is 2. The Hall–Kier alpha value is -2.14. The first-order valence-corrected chi connectivity index (χ1v) is 11.0. The van der Waals surface area contributed by atoms with Gasteiger partial charge in [-0.25, -0.2) is 0 Å². The number of carbonyl (C=O) groups excluding carboxylic acids is 1. The van der Waals surface area contributed by atoms with E-state index in [0.717, 1.165) is 41.3 Å². The van der Waals surface area contributed by atoms with E-state index in [1.807, 2.05) is 35.2 Å². The Bertz CT molecular complexity index is 791. The van der Waals surface area contributed by atoms with Crippen molar-refractivity contribution in [3.05, 3.63) is 59.2 Å². The van der Waals surface area contributed by atoms with Crippen LogP contribution in [0.25, 0.3) is 0 Å². The van der Waals surface area contributed by atoms with E-state index in [-0.39, 0.29) is 11.3 Å². The maximum atomic E-state index is 13.2. The minimum Gasteiger partial charge on any atom is -0.497 e. The van der Waals surface area contributed by atoms with Crippen LogP contribution in [0.3, 0.4) is 0 Å². The molecule has 0 N–H and O–H groups in total. The van der Waals surface area contributed by atoms with Crippen molar-refractivity contribution in [1.82, 2.24) is 4.90 Å². The van der Waals surface area contributed by atoms with E-state index in [9.17, 15) is 4.79 Å². The molecule has 1 saturated heterocycles. The highest BCUT2D eigenvalue weighted by Crippen LogP contribution is 2.43. The van der Waals surface area contributed by atoms with E-state index in [1.54, 1.807) is 26.0 Å². The average Bonchev–Trinajstić information content (AvgIpc) is 3.23. The number of thioether (sulfide) groups is 1. The molecule has 150 valence electrons. The number of benzene rings is 2. The molecule has 1 aliphatic heterocycles. The van der Waals surface area contributed by atoms with E-state index in [2.05, 4.69) is 19.1 Å². The second-order valence-electron chi connectivity index (χ2n) is 6.98. The predicted octanol–water partition coefficient (Wildman–Crippen LogP) is 5.32. The number of ether oxygens (including phenoxy) is 2. The molecule has 1 amide bonds. The molecular formula is C23H29NO3S. The van der Waals surface area contributed by atoms with Crippen molar-refractivity contribution in [2.75, 3.05) is 26.5 Å². The second-order valence-corrected chi connectivity index (χ2v) is 8.17. The van der Waals surface area contributed by atoms with Gasteiger partial charge < -0.3 is 14.4 Å². The average molecular weight is 400 g/mol. The lowest BCUT2D eigenvalue weighted by Gasteiger charge is -2.26. The Morgan fingerprint density at radius 1 is 1.11 bits per heavy atom. The zero-order chi connectivity index (χ0) is 19.9. The molecule has 5 heteroatoms. The zero-order valence-corrected chi connectivity index (χ0v) is 17.8. The van der Waals surface area contributed by atoms with Gasteiger partial charge in [0.05, 0.1) is 14.2 Å². The monoisotopic (exact) mass is 399 g/mol. The highest BCUT2D eigenvalue weighted by Gasteiger charge is 2.33. The molecule has 0 radical (unpaired) electrons. The van der Waals surface area contributed by atoms with Gasteiger partial charge in [0, 0.05) is 23.4 Å². The first kappa shape index (κ1) is 20.6. The van der Waals surface area contributed by atoms with Crippen LogP contribution in [0.2, 0.25) is 0 Å². The van der Waals surface area contributed by atoms with Gasteiger partial charge in [0.15, 0.2) is 0 Å². The molecule has 1 atom stereocenters. The third-order valence-corrected chi connectivity index (χ3v) is 6.37. The number of amides is 1.